The van der Waals surface area contributed by atoms with Gasteiger partial charge in [-0.15, -0.1) is 11.6 Å². The Kier molecular flexibility index (Phi) is 10.4. The molecule has 0 aromatic rings. The van der Waals surface area contributed by atoms with Gasteiger partial charge in [0.05, 0.1) is 19.8 Å². The second-order valence-electron chi connectivity index (χ2n) is 2.63. The number of halogens is 1. The van der Waals surface area contributed by atoms with Gasteiger partial charge in [0.1, 0.15) is 0 Å². The van der Waals surface area contributed by atoms with Crippen LogP contribution in [0.25, 0.3) is 0 Å². The quantitative estimate of drug-likeness (QED) is 0.331. The van der Waals surface area contributed by atoms with E-state index in [0.29, 0.717) is 25.7 Å². The molecule has 0 heterocycles. The molecule has 0 spiro atoms. The first-order chi connectivity index (χ1) is 6.35. The van der Waals surface area contributed by atoms with E-state index in [4.69, 9.17) is 25.8 Å². The lowest BCUT2D eigenvalue weighted by Crippen LogP contribution is -2.18. The summed E-state index contributed by atoms with van der Waals surface area (Å²) in [5.41, 5.74) is 0. The lowest BCUT2D eigenvalue weighted by Gasteiger charge is -2.14. The van der Waals surface area contributed by atoms with Crippen LogP contribution in [0.4, 0.5) is 0 Å². The highest BCUT2D eigenvalue weighted by atomic mass is 35.5. The lowest BCUT2D eigenvalue weighted by molar-refractivity contribution is -0.136. The van der Waals surface area contributed by atoms with Crippen molar-refractivity contribution in [3.8, 4) is 0 Å². The van der Waals surface area contributed by atoms with Gasteiger partial charge in [0, 0.05) is 13.0 Å². The summed E-state index contributed by atoms with van der Waals surface area (Å²) in [6.45, 7) is 3.82. The van der Waals surface area contributed by atoms with Crippen molar-refractivity contribution < 1.29 is 14.2 Å². The summed E-state index contributed by atoms with van der Waals surface area (Å²) in [5.74, 6) is 0.530. The van der Waals surface area contributed by atoms with Gasteiger partial charge in [-0.3, -0.25) is 0 Å². The molecule has 0 N–H and O–H groups in total. The van der Waals surface area contributed by atoms with E-state index in [1.165, 1.54) is 0 Å². The molecule has 0 aromatic carbocycles. The van der Waals surface area contributed by atoms with Crippen molar-refractivity contribution in [3.05, 3.63) is 0 Å². The Morgan fingerprint density at radius 1 is 1.23 bits per heavy atom. The minimum atomic E-state index is -0.0930. The van der Waals surface area contributed by atoms with Crippen molar-refractivity contribution in [1.82, 2.24) is 0 Å². The Bertz CT molecular complexity index is 101. The second kappa shape index (κ2) is 10.3. The molecule has 3 nitrogen and oxygen atoms in total. The van der Waals surface area contributed by atoms with Gasteiger partial charge in [-0.1, -0.05) is 13.3 Å². The van der Waals surface area contributed by atoms with Gasteiger partial charge >= 0.3 is 0 Å². The second-order valence-corrected chi connectivity index (χ2v) is 3.00. The Morgan fingerprint density at radius 2 is 2.00 bits per heavy atom. The predicted molar refractivity (Wildman–Crippen MR) is 53.2 cm³/mol. The Hall–Kier alpha value is 0.170. The summed E-state index contributed by atoms with van der Waals surface area (Å²) >= 11 is 5.43. The van der Waals surface area contributed by atoms with Crippen molar-refractivity contribution in [3.63, 3.8) is 0 Å². The van der Waals surface area contributed by atoms with Gasteiger partial charge in [0.25, 0.3) is 0 Å². The van der Waals surface area contributed by atoms with Crippen molar-refractivity contribution in [2.24, 2.45) is 0 Å². The highest BCUT2D eigenvalue weighted by molar-refractivity contribution is 6.17. The Labute approximate surface area is 85.3 Å². The normalized spacial score (nSPS) is 13.2. The van der Waals surface area contributed by atoms with E-state index in [9.17, 15) is 0 Å². The maximum absolute atomic E-state index is 5.43. The van der Waals surface area contributed by atoms with Crippen molar-refractivity contribution in [1.29, 1.82) is 0 Å². The maximum Gasteiger partial charge on any atom is 0.157 e. The number of hydrogen-bond acceptors (Lipinski definition) is 3. The van der Waals surface area contributed by atoms with E-state index in [1.54, 1.807) is 7.11 Å². The molecule has 0 radical (unpaired) electrons. The minimum Gasteiger partial charge on any atom is -0.378 e. The van der Waals surface area contributed by atoms with Crippen LogP contribution in [0.15, 0.2) is 0 Å². The molecule has 0 amide bonds. The van der Waals surface area contributed by atoms with Crippen molar-refractivity contribution in [2.45, 2.75) is 26.1 Å². The zero-order valence-corrected chi connectivity index (χ0v) is 9.18. The van der Waals surface area contributed by atoms with E-state index in [0.717, 1.165) is 12.8 Å². The smallest absolute Gasteiger partial charge is 0.157 e. The number of methoxy groups -OCH3 is 1. The van der Waals surface area contributed by atoms with Crippen LogP contribution in [0.3, 0.4) is 0 Å². The molecule has 0 bridgehead atoms. The molecular formula is C9H19ClO3. The average Bonchev–Trinajstić information content (AvgIpc) is 2.16. The van der Waals surface area contributed by atoms with Gasteiger partial charge in [-0.25, -0.2) is 0 Å². The predicted octanol–water partition coefficient (Wildman–Crippen LogP) is 2.03. The van der Waals surface area contributed by atoms with Gasteiger partial charge in [0.15, 0.2) is 6.29 Å². The van der Waals surface area contributed by atoms with E-state index < -0.39 is 0 Å². The molecule has 0 aliphatic heterocycles. The standard InChI is InChI=1S/C9H19ClO3/c1-3-4-9(11-2)13-8-7-12-6-5-10/h9H,3-8H2,1-2H3. The third-order valence-electron chi connectivity index (χ3n) is 1.54. The van der Waals surface area contributed by atoms with Crippen molar-refractivity contribution in [2.75, 3.05) is 32.8 Å². The summed E-state index contributed by atoms with van der Waals surface area (Å²) in [4.78, 5) is 0. The third-order valence-corrected chi connectivity index (χ3v) is 1.69. The number of ether oxygens (including phenoxy) is 3. The van der Waals surface area contributed by atoms with Crippen molar-refractivity contribution >= 4 is 11.6 Å². The van der Waals surface area contributed by atoms with Crippen LogP contribution in [-0.2, 0) is 14.2 Å². The fourth-order valence-electron chi connectivity index (χ4n) is 0.900. The van der Waals surface area contributed by atoms with Crippen LogP contribution in [0.2, 0.25) is 0 Å². The van der Waals surface area contributed by atoms with E-state index in [1.807, 2.05) is 0 Å². The van der Waals surface area contributed by atoms with Gasteiger partial charge in [0.2, 0.25) is 0 Å². The molecule has 0 aliphatic rings. The third kappa shape index (κ3) is 8.50. The fraction of sp³-hybridized carbons (Fsp3) is 1.00. The molecule has 4 heteroatoms. The van der Waals surface area contributed by atoms with Crippen LogP contribution in [0.5, 0.6) is 0 Å². The molecule has 0 saturated carbocycles. The molecular weight excluding hydrogens is 192 g/mol. The Morgan fingerprint density at radius 3 is 2.54 bits per heavy atom. The lowest BCUT2D eigenvalue weighted by atomic mass is 10.3. The zero-order chi connectivity index (χ0) is 9.94. The summed E-state index contributed by atoms with van der Waals surface area (Å²) < 4.78 is 15.6. The van der Waals surface area contributed by atoms with Crippen LogP contribution in [0.1, 0.15) is 19.8 Å². The molecule has 0 aromatic heterocycles. The molecule has 0 fully saturated rings. The van der Waals surface area contributed by atoms with Gasteiger partial charge in [-0.2, -0.15) is 0 Å². The zero-order valence-electron chi connectivity index (χ0n) is 8.42. The average molecular weight is 211 g/mol. The van der Waals surface area contributed by atoms with Gasteiger partial charge in [-0.05, 0) is 6.42 Å². The molecule has 1 unspecified atom stereocenters. The van der Waals surface area contributed by atoms with Crippen LogP contribution in [-0.4, -0.2) is 39.1 Å². The summed E-state index contributed by atoms with van der Waals surface area (Å²) in [5, 5.41) is 0. The van der Waals surface area contributed by atoms with Crippen LogP contribution in [0, 0.1) is 0 Å². The first-order valence-corrected chi connectivity index (χ1v) is 5.16. The summed E-state index contributed by atoms with van der Waals surface area (Å²) in [6, 6.07) is 0. The molecule has 0 aliphatic carbocycles. The van der Waals surface area contributed by atoms with Crippen LogP contribution >= 0.6 is 11.6 Å². The Balaban J connectivity index is 3.17. The summed E-state index contributed by atoms with van der Waals surface area (Å²) in [6.07, 6.45) is 1.89. The highest BCUT2D eigenvalue weighted by Gasteiger charge is 2.04. The summed E-state index contributed by atoms with van der Waals surface area (Å²) in [7, 11) is 1.65. The largest absolute Gasteiger partial charge is 0.378 e. The monoisotopic (exact) mass is 210 g/mol. The molecule has 80 valence electrons. The first kappa shape index (κ1) is 13.2. The molecule has 1 atom stereocenters. The number of rotatable bonds is 9. The SMILES string of the molecule is CCCC(OC)OCCOCCCl. The van der Waals surface area contributed by atoms with E-state index in [-0.39, 0.29) is 6.29 Å². The van der Waals surface area contributed by atoms with E-state index >= 15 is 0 Å². The number of hydrogen-bond donors (Lipinski definition) is 0. The topological polar surface area (TPSA) is 27.7 Å². The molecule has 0 rings (SSSR count). The minimum absolute atomic E-state index is 0.0930. The molecule has 13 heavy (non-hydrogen) atoms. The number of alkyl halides is 1. The molecule has 0 saturated heterocycles. The van der Waals surface area contributed by atoms with Gasteiger partial charge < -0.3 is 14.2 Å². The highest BCUT2D eigenvalue weighted by Crippen LogP contribution is 2.01. The van der Waals surface area contributed by atoms with Crippen LogP contribution < -0.4 is 0 Å². The van der Waals surface area contributed by atoms with E-state index in [2.05, 4.69) is 6.92 Å². The maximum atomic E-state index is 5.43. The fourth-order valence-corrected chi connectivity index (χ4v) is 1.01. The first-order valence-electron chi connectivity index (χ1n) is 4.63.